The van der Waals surface area contributed by atoms with E-state index in [1.165, 1.54) is 6.07 Å². The number of alkyl halides is 2. The third-order valence-electron chi connectivity index (χ3n) is 2.76. The summed E-state index contributed by atoms with van der Waals surface area (Å²) >= 11 is 0. The maximum atomic E-state index is 12.2. The Morgan fingerprint density at radius 2 is 2.00 bits per heavy atom. The van der Waals surface area contributed by atoms with Gasteiger partial charge in [0.05, 0.1) is 12.1 Å². The highest BCUT2D eigenvalue weighted by Gasteiger charge is 2.21. The van der Waals surface area contributed by atoms with E-state index in [0.717, 1.165) is 12.8 Å². The number of hydrogen-bond donors (Lipinski definition) is 2. The van der Waals surface area contributed by atoms with Crippen LogP contribution in [0.15, 0.2) is 24.3 Å². The van der Waals surface area contributed by atoms with E-state index in [0.29, 0.717) is 12.0 Å². The molecule has 0 amide bonds. The van der Waals surface area contributed by atoms with Crippen LogP contribution in [-0.4, -0.2) is 17.8 Å². The molecule has 1 aromatic carbocycles. The van der Waals surface area contributed by atoms with Gasteiger partial charge in [-0.15, -0.1) is 0 Å². The lowest BCUT2D eigenvalue weighted by molar-refractivity contribution is -0.0510. The summed E-state index contributed by atoms with van der Waals surface area (Å²) in [5.41, 5.74) is 6.29. The molecule has 0 aliphatic carbocycles. The molecule has 5 heteroatoms. The third kappa shape index (κ3) is 4.23. The second kappa shape index (κ2) is 7.28. The van der Waals surface area contributed by atoms with Crippen LogP contribution in [0.25, 0.3) is 0 Å². The molecule has 0 radical (unpaired) electrons. The molecule has 0 saturated heterocycles. The number of nitrogens with two attached hydrogens (primary N) is 1. The lowest BCUT2D eigenvalue weighted by Gasteiger charge is -2.21. The van der Waals surface area contributed by atoms with E-state index in [2.05, 4.69) is 4.74 Å². The average molecular weight is 259 g/mol. The molecular formula is C13H19F2NO2. The first-order valence-corrected chi connectivity index (χ1v) is 6.03. The molecule has 0 aliphatic rings. The fourth-order valence-electron chi connectivity index (χ4n) is 1.76. The van der Waals surface area contributed by atoms with Crippen LogP contribution >= 0.6 is 0 Å². The number of para-hydroxylation sites is 1. The Morgan fingerprint density at radius 1 is 1.33 bits per heavy atom. The van der Waals surface area contributed by atoms with Crippen LogP contribution in [-0.2, 0) is 0 Å². The summed E-state index contributed by atoms with van der Waals surface area (Å²) < 4.78 is 28.9. The van der Waals surface area contributed by atoms with E-state index in [9.17, 15) is 13.9 Å². The third-order valence-corrected chi connectivity index (χ3v) is 2.76. The van der Waals surface area contributed by atoms with E-state index < -0.39 is 18.8 Å². The zero-order chi connectivity index (χ0) is 13.5. The van der Waals surface area contributed by atoms with Crippen molar-refractivity contribution in [2.24, 2.45) is 5.73 Å². The zero-order valence-electron chi connectivity index (χ0n) is 10.4. The van der Waals surface area contributed by atoms with E-state index in [4.69, 9.17) is 5.73 Å². The summed E-state index contributed by atoms with van der Waals surface area (Å²) in [7, 11) is 0. The quantitative estimate of drug-likeness (QED) is 0.791. The molecule has 0 heterocycles. The normalized spacial score (nSPS) is 14.6. The molecule has 0 saturated carbocycles. The van der Waals surface area contributed by atoms with Gasteiger partial charge in [-0.1, -0.05) is 38.0 Å². The lowest BCUT2D eigenvalue weighted by Crippen LogP contribution is -2.26. The predicted molar refractivity (Wildman–Crippen MR) is 65.5 cm³/mol. The maximum absolute atomic E-state index is 12.2. The second-order valence-corrected chi connectivity index (χ2v) is 4.15. The Kier molecular flexibility index (Phi) is 6.01. The molecule has 0 fully saturated rings. The van der Waals surface area contributed by atoms with Gasteiger partial charge in [-0.05, 0) is 12.5 Å². The van der Waals surface area contributed by atoms with Crippen LogP contribution in [0.1, 0.15) is 37.8 Å². The number of ether oxygens (including phenoxy) is 1. The van der Waals surface area contributed by atoms with Crippen molar-refractivity contribution in [3.63, 3.8) is 0 Å². The van der Waals surface area contributed by atoms with Gasteiger partial charge < -0.3 is 15.6 Å². The fourth-order valence-corrected chi connectivity index (χ4v) is 1.76. The zero-order valence-corrected chi connectivity index (χ0v) is 10.4. The van der Waals surface area contributed by atoms with Crippen molar-refractivity contribution in [2.75, 3.05) is 0 Å². The van der Waals surface area contributed by atoms with Crippen molar-refractivity contribution < 1.29 is 18.6 Å². The SMILES string of the molecule is CCCC[C@H](O)[C@H](N)c1ccccc1OC(F)F. The van der Waals surface area contributed by atoms with Crippen molar-refractivity contribution >= 4 is 0 Å². The molecule has 0 aromatic heterocycles. The van der Waals surface area contributed by atoms with Crippen molar-refractivity contribution in [3.05, 3.63) is 29.8 Å². The summed E-state index contributed by atoms with van der Waals surface area (Å²) in [6.07, 6.45) is 1.57. The smallest absolute Gasteiger partial charge is 0.387 e. The summed E-state index contributed by atoms with van der Waals surface area (Å²) in [6.45, 7) is -0.891. The molecule has 18 heavy (non-hydrogen) atoms. The fraction of sp³-hybridized carbons (Fsp3) is 0.538. The van der Waals surface area contributed by atoms with Gasteiger partial charge in [-0.3, -0.25) is 0 Å². The number of unbranched alkanes of at least 4 members (excludes halogenated alkanes) is 1. The number of halogens is 2. The maximum Gasteiger partial charge on any atom is 0.387 e. The number of rotatable bonds is 7. The van der Waals surface area contributed by atoms with Crippen LogP contribution in [0.3, 0.4) is 0 Å². The number of aliphatic hydroxyl groups is 1. The first kappa shape index (κ1) is 14.9. The first-order chi connectivity index (χ1) is 8.56. The highest BCUT2D eigenvalue weighted by atomic mass is 19.3. The number of aliphatic hydroxyl groups excluding tert-OH is 1. The summed E-state index contributed by atoms with van der Waals surface area (Å²) in [5, 5.41) is 9.89. The molecule has 0 aliphatic heterocycles. The van der Waals surface area contributed by atoms with E-state index in [-0.39, 0.29) is 5.75 Å². The molecule has 1 aromatic rings. The Hall–Kier alpha value is -1.20. The van der Waals surface area contributed by atoms with Crippen LogP contribution in [0, 0.1) is 0 Å². The Bertz CT molecular complexity index is 361. The van der Waals surface area contributed by atoms with Crippen molar-refractivity contribution in [2.45, 2.75) is 44.9 Å². The van der Waals surface area contributed by atoms with Gasteiger partial charge in [0.25, 0.3) is 0 Å². The average Bonchev–Trinajstić information content (AvgIpc) is 2.35. The van der Waals surface area contributed by atoms with E-state index in [1.54, 1.807) is 18.2 Å². The van der Waals surface area contributed by atoms with Crippen LogP contribution in [0.5, 0.6) is 5.75 Å². The molecule has 0 unspecified atom stereocenters. The molecule has 2 atom stereocenters. The Labute approximate surface area is 106 Å². The van der Waals surface area contributed by atoms with Gasteiger partial charge in [-0.2, -0.15) is 8.78 Å². The van der Waals surface area contributed by atoms with Gasteiger partial charge in [0.15, 0.2) is 0 Å². The standard InChI is InChI=1S/C13H19F2NO2/c1-2-3-7-10(17)12(16)9-6-4-5-8-11(9)18-13(14)15/h4-6,8,10,12-13,17H,2-3,7,16H2,1H3/t10-,12+/m0/s1. The molecule has 1 rings (SSSR count). The second-order valence-electron chi connectivity index (χ2n) is 4.15. The topological polar surface area (TPSA) is 55.5 Å². The highest BCUT2D eigenvalue weighted by Crippen LogP contribution is 2.28. The van der Waals surface area contributed by atoms with Crippen LogP contribution in [0.4, 0.5) is 8.78 Å². The van der Waals surface area contributed by atoms with Crippen molar-refractivity contribution in [1.82, 2.24) is 0 Å². The molecular weight excluding hydrogens is 240 g/mol. The van der Waals surface area contributed by atoms with E-state index >= 15 is 0 Å². The molecule has 0 bridgehead atoms. The molecule has 3 N–H and O–H groups in total. The summed E-state index contributed by atoms with van der Waals surface area (Å²) in [4.78, 5) is 0. The summed E-state index contributed by atoms with van der Waals surface area (Å²) in [5.74, 6) is 0.0237. The van der Waals surface area contributed by atoms with Gasteiger partial charge in [0.1, 0.15) is 5.75 Å². The monoisotopic (exact) mass is 259 g/mol. The first-order valence-electron chi connectivity index (χ1n) is 6.03. The van der Waals surface area contributed by atoms with E-state index in [1.807, 2.05) is 6.92 Å². The largest absolute Gasteiger partial charge is 0.434 e. The van der Waals surface area contributed by atoms with Gasteiger partial charge in [0, 0.05) is 5.56 Å². The number of hydrogen-bond acceptors (Lipinski definition) is 3. The minimum atomic E-state index is -2.90. The summed E-state index contributed by atoms with van der Waals surface area (Å²) in [6, 6.07) is 5.57. The molecule has 102 valence electrons. The number of benzene rings is 1. The van der Waals surface area contributed by atoms with Gasteiger partial charge >= 0.3 is 6.61 Å². The molecule has 0 spiro atoms. The Morgan fingerprint density at radius 3 is 2.61 bits per heavy atom. The lowest BCUT2D eigenvalue weighted by atomic mass is 9.98. The van der Waals surface area contributed by atoms with Crippen LogP contribution < -0.4 is 10.5 Å². The predicted octanol–water partition coefficient (Wildman–Crippen LogP) is 2.84. The van der Waals surface area contributed by atoms with Crippen molar-refractivity contribution in [3.8, 4) is 5.75 Å². The minimum Gasteiger partial charge on any atom is -0.434 e. The molecule has 3 nitrogen and oxygen atoms in total. The van der Waals surface area contributed by atoms with Gasteiger partial charge in [-0.25, -0.2) is 0 Å². The Balaban J connectivity index is 2.80. The van der Waals surface area contributed by atoms with Gasteiger partial charge in [0.2, 0.25) is 0 Å². The van der Waals surface area contributed by atoms with Crippen molar-refractivity contribution in [1.29, 1.82) is 0 Å². The highest BCUT2D eigenvalue weighted by molar-refractivity contribution is 5.36. The van der Waals surface area contributed by atoms with Crippen LogP contribution in [0.2, 0.25) is 0 Å². The minimum absolute atomic E-state index is 0.0237.